The number of hydrogen-bond donors (Lipinski definition) is 2. The van der Waals surface area contributed by atoms with E-state index in [0.29, 0.717) is 6.54 Å². The van der Waals surface area contributed by atoms with Crippen molar-refractivity contribution in [2.75, 3.05) is 13.1 Å². The van der Waals surface area contributed by atoms with Crippen LogP contribution in [0.5, 0.6) is 0 Å². The van der Waals surface area contributed by atoms with Gasteiger partial charge in [-0.2, -0.15) is 0 Å². The van der Waals surface area contributed by atoms with Crippen molar-refractivity contribution in [3.05, 3.63) is 0 Å². The fraction of sp³-hybridized carbons (Fsp3) is 0.875. The topological polar surface area (TPSA) is 41.1 Å². The SMILES string of the molecule is O=CC1C(F)CNC2NCCC21. The molecule has 2 aliphatic heterocycles. The average Bonchev–Trinajstić information content (AvgIpc) is 2.52. The van der Waals surface area contributed by atoms with Crippen LogP contribution in [-0.4, -0.2) is 31.7 Å². The van der Waals surface area contributed by atoms with Crippen LogP contribution in [0, 0.1) is 11.8 Å². The maximum atomic E-state index is 13.2. The molecule has 0 spiro atoms. The summed E-state index contributed by atoms with van der Waals surface area (Å²) < 4.78 is 13.2. The van der Waals surface area contributed by atoms with Gasteiger partial charge in [-0.25, -0.2) is 4.39 Å². The van der Waals surface area contributed by atoms with Crippen LogP contribution < -0.4 is 10.6 Å². The molecule has 2 aliphatic rings. The van der Waals surface area contributed by atoms with Crippen LogP contribution >= 0.6 is 0 Å². The normalized spacial score (nSPS) is 47.1. The number of rotatable bonds is 1. The summed E-state index contributed by atoms with van der Waals surface area (Å²) in [5.41, 5.74) is 0. The number of aldehydes is 1. The van der Waals surface area contributed by atoms with E-state index in [2.05, 4.69) is 10.6 Å². The fourth-order valence-electron chi connectivity index (χ4n) is 2.19. The monoisotopic (exact) mass is 172 g/mol. The zero-order valence-electron chi connectivity index (χ0n) is 6.79. The highest BCUT2D eigenvalue weighted by Crippen LogP contribution is 2.29. The van der Waals surface area contributed by atoms with Gasteiger partial charge in [-0.1, -0.05) is 0 Å². The molecule has 3 nitrogen and oxygen atoms in total. The summed E-state index contributed by atoms with van der Waals surface area (Å²) in [6.45, 7) is 1.19. The molecule has 2 heterocycles. The molecule has 0 bridgehead atoms. The first kappa shape index (κ1) is 8.13. The van der Waals surface area contributed by atoms with Crippen molar-refractivity contribution in [2.24, 2.45) is 11.8 Å². The van der Waals surface area contributed by atoms with Crippen molar-refractivity contribution in [1.82, 2.24) is 10.6 Å². The third-order valence-corrected chi connectivity index (χ3v) is 2.87. The van der Waals surface area contributed by atoms with Crippen molar-refractivity contribution in [3.63, 3.8) is 0 Å². The molecule has 2 N–H and O–H groups in total. The number of nitrogens with one attached hydrogen (secondary N) is 2. The maximum absolute atomic E-state index is 13.2. The van der Waals surface area contributed by atoms with Crippen molar-refractivity contribution in [2.45, 2.75) is 18.8 Å². The summed E-state index contributed by atoms with van der Waals surface area (Å²) >= 11 is 0. The fourth-order valence-corrected chi connectivity index (χ4v) is 2.19. The van der Waals surface area contributed by atoms with Crippen LogP contribution in [-0.2, 0) is 4.79 Å². The summed E-state index contributed by atoms with van der Waals surface area (Å²) in [6.07, 6.45) is 0.841. The predicted octanol–water partition coefficient (Wildman–Crippen LogP) is -0.322. The Morgan fingerprint density at radius 1 is 1.42 bits per heavy atom. The molecule has 0 aromatic heterocycles. The quantitative estimate of drug-likeness (QED) is 0.532. The summed E-state index contributed by atoms with van der Waals surface area (Å²) in [5.74, 6) is -0.238. The number of hydrogen-bond acceptors (Lipinski definition) is 3. The van der Waals surface area contributed by atoms with Gasteiger partial charge in [0.25, 0.3) is 0 Å². The van der Waals surface area contributed by atoms with Gasteiger partial charge in [0.05, 0.1) is 12.1 Å². The second-order valence-corrected chi connectivity index (χ2v) is 3.52. The van der Waals surface area contributed by atoms with Crippen molar-refractivity contribution in [1.29, 1.82) is 0 Å². The van der Waals surface area contributed by atoms with Gasteiger partial charge in [0, 0.05) is 12.5 Å². The van der Waals surface area contributed by atoms with Crippen LogP contribution in [0.25, 0.3) is 0 Å². The van der Waals surface area contributed by atoms with E-state index in [1.165, 1.54) is 0 Å². The van der Waals surface area contributed by atoms with Crippen LogP contribution in [0.2, 0.25) is 0 Å². The predicted molar refractivity (Wildman–Crippen MR) is 42.4 cm³/mol. The van der Waals surface area contributed by atoms with Crippen LogP contribution in [0.15, 0.2) is 0 Å². The third-order valence-electron chi connectivity index (χ3n) is 2.87. The van der Waals surface area contributed by atoms with Gasteiger partial charge >= 0.3 is 0 Å². The first-order chi connectivity index (χ1) is 5.83. The average molecular weight is 172 g/mol. The first-order valence-electron chi connectivity index (χ1n) is 4.39. The lowest BCUT2D eigenvalue weighted by Gasteiger charge is -2.33. The Morgan fingerprint density at radius 3 is 3.00 bits per heavy atom. The van der Waals surface area contributed by atoms with Crippen LogP contribution in [0.1, 0.15) is 6.42 Å². The number of halogens is 1. The molecule has 0 amide bonds. The number of piperidine rings is 1. The van der Waals surface area contributed by atoms with Gasteiger partial charge in [0.2, 0.25) is 0 Å². The highest BCUT2D eigenvalue weighted by atomic mass is 19.1. The Hall–Kier alpha value is -0.480. The van der Waals surface area contributed by atoms with Gasteiger partial charge in [-0.15, -0.1) is 0 Å². The largest absolute Gasteiger partial charge is 0.303 e. The summed E-state index contributed by atoms with van der Waals surface area (Å²) in [6, 6.07) is 0. The smallest absolute Gasteiger partial charge is 0.126 e. The lowest BCUT2D eigenvalue weighted by Crippen LogP contribution is -2.54. The lowest BCUT2D eigenvalue weighted by molar-refractivity contribution is -0.116. The van der Waals surface area contributed by atoms with Gasteiger partial charge < -0.3 is 10.1 Å². The van der Waals surface area contributed by atoms with Gasteiger partial charge in [-0.3, -0.25) is 5.32 Å². The van der Waals surface area contributed by atoms with Gasteiger partial charge in [0.1, 0.15) is 12.5 Å². The van der Waals surface area contributed by atoms with Crippen molar-refractivity contribution < 1.29 is 9.18 Å². The molecule has 0 aromatic carbocycles. The second kappa shape index (κ2) is 3.11. The molecule has 2 saturated heterocycles. The standard InChI is InChI=1S/C8H13FN2O/c9-7-3-11-8-5(1-2-10-8)6(7)4-12/h4-8,10-11H,1-3H2. The molecule has 2 fully saturated rings. The third kappa shape index (κ3) is 1.15. The minimum absolute atomic E-state index is 0.159. The maximum Gasteiger partial charge on any atom is 0.126 e. The number of carbonyl (C=O) groups is 1. The second-order valence-electron chi connectivity index (χ2n) is 3.52. The molecule has 0 saturated carbocycles. The molecule has 2 rings (SSSR count). The summed E-state index contributed by atoms with van der Waals surface area (Å²) in [7, 11) is 0. The van der Waals surface area contributed by atoms with E-state index in [1.807, 2.05) is 0 Å². The van der Waals surface area contributed by atoms with E-state index in [0.717, 1.165) is 19.3 Å². The first-order valence-corrected chi connectivity index (χ1v) is 4.39. The van der Waals surface area contributed by atoms with E-state index in [9.17, 15) is 9.18 Å². The van der Waals surface area contributed by atoms with Crippen molar-refractivity contribution >= 4 is 6.29 Å². The Labute approximate surface area is 70.7 Å². The van der Waals surface area contributed by atoms with E-state index in [-0.39, 0.29) is 12.1 Å². The van der Waals surface area contributed by atoms with E-state index in [4.69, 9.17) is 0 Å². The van der Waals surface area contributed by atoms with Crippen molar-refractivity contribution in [3.8, 4) is 0 Å². The lowest BCUT2D eigenvalue weighted by atomic mass is 9.84. The summed E-state index contributed by atoms with van der Waals surface area (Å²) in [4.78, 5) is 10.6. The molecule has 12 heavy (non-hydrogen) atoms. The van der Waals surface area contributed by atoms with Gasteiger partial charge in [0.15, 0.2) is 0 Å². The Bertz CT molecular complexity index is 188. The van der Waals surface area contributed by atoms with E-state index < -0.39 is 12.1 Å². The molecule has 4 atom stereocenters. The molecule has 0 radical (unpaired) electrons. The molecule has 0 aromatic rings. The highest BCUT2D eigenvalue weighted by Gasteiger charge is 2.41. The minimum atomic E-state index is -0.997. The molecule has 0 aliphatic carbocycles. The zero-order valence-corrected chi connectivity index (χ0v) is 6.79. The zero-order chi connectivity index (χ0) is 8.55. The minimum Gasteiger partial charge on any atom is -0.303 e. The molecular formula is C8H13FN2O. The molecule has 4 unspecified atom stereocenters. The highest BCUT2D eigenvalue weighted by molar-refractivity contribution is 5.56. The van der Waals surface area contributed by atoms with Gasteiger partial charge in [-0.05, 0) is 13.0 Å². The Balaban J connectivity index is 2.11. The Morgan fingerprint density at radius 2 is 2.25 bits per heavy atom. The van der Waals surface area contributed by atoms with Crippen LogP contribution in [0.4, 0.5) is 4.39 Å². The molecule has 68 valence electrons. The number of alkyl halides is 1. The number of carbonyl (C=O) groups excluding carboxylic acids is 1. The number of fused-ring (bicyclic) bond motifs is 1. The van der Waals surface area contributed by atoms with Crippen LogP contribution in [0.3, 0.4) is 0 Å². The van der Waals surface area contributed by atoms with E-state index in [1.54, 1.807) is 0 Å². The molecule has 4 heteroatoms. The summed E-state index contributed by atoms with van der Waals surface area (Å²) in [5, 5.41) is 6.26. The van der Waals surface area contributed by atoms with E-state index >= 15 is 0 Å². The Kier molecular flexibility index (Phi) is 2.11. The molecular weight excluding hydrogens is 159 g/mol.